The van der Waals surface area contributed by atoms with E-state index in [4.69, 9.17) is 16.2 Å². The van der Waals surface area contributed by atoms with Gasteiger partial charge in [-0.1, -0.05) is 0 Å². The summed E-state index contributed by atoms with van der Waals surface area (Å²) in [6.07, 6.45) is -0.520. The van der Waals surface area contributed by atoms with E-state index in [1.165, 1.54) is 0 Å². The molecule has 0 saturated heterocycles. The summed E-state index contributed by atoms with van der Waals surface area (Å²) in [5.74, 6) is -0.455. The average molecular weight is 132 g/mol. The Hall–Kier alpha value is -0.610. The Morgan fingerprint density at radius 2 is 2.33 bits per heavy atom. The lowest BCUT2D eigenvalue weighted by molar-refractivity contribution is -0.128. The van der Waals surface area contributed by atoms with Gasteiger partial charge < -0.3 is 16.2 Å². The molecule has 9 heavy (non-hydrogen) atoms. The number of carbonyl (C=O) groups is 1. The number of nitrogens with two attached hydrogens (primary N) is 2. The van der Waals surface area contributed by atoms with Gasteiger partial charge in [-0.15, -0.1) is 0 Å². The fourth-order valence-corrected chi connectivity index (χ4v) is 0.327. The first-order chi connectivity index (χ1) is 4.18. The molecule has 4 heteroatoms. The van der Waals surface area contributed by atoms with Crippen molar-refractivity contribution >= 4 is 5.91 Å². The molecule has 0 aliphatic heterocycles. The second-order valence-electron chi connectivity index (χ2n) is 1.70. The van der Waals surface area contributed by atoms with E-state index in [1.54, 1.807) is 6.92 Å². The van der Waals surface area contributed by atoms with Crippen LogP contribution in [-0.4, -0.2) is 25.2 Å². The van der Waals surface area contributed by atoms with Gasteiger partial charge in [-0.05, 0) is 6.92 Å². The Morgan fingerprint density at radius 3 is 2.67 bits per heavy atom. The molecule has 0 saturated carbocycles. The minimum atomic E-state index is -0.520. The zero-order valence-corrected chi connectivity index (χ0v) is 5.46. The van der Waals surface area contributed by atoms with Crippen LogP contribution in [0.1, 0.15) is 6.92 Å². The van der Waals surface area contributed by atoms with Crippen LogP contribution in [0.4, 0.5) is 0 Å². The smallest absolute Gasteiger partial charge is 0.246 e. The third-order valence-electron chi connectivity index (χ3n) is 0.886. The molecular formula is C5H12N2O2. The summed E-state index contributed by atoms with van der Waals surface area (Å²) in [5.41, 5.74) is 9.97. The molecule has 1 unspecified atom stereocenters. The number of hydrogen-bond acceptors (Lipinski definition) is 3. The number of hydrogen-bond donors (Lipinski definition) is 2. The van der Waals surface area contributed by atoms with Crippen molar-refractivity contribution in [3.05, 3.63) is 0 Å². The van der Waals surface area contributed by atoms with Crippen molar-refractivity contribution in [2.45, 2.75) is 13.0 Å². The van der Waals surface area contributed by atoms with E-state index in [9.17, 15) is 4.79 Å². The van der Waals surface area contributed by atoms with E-state index in [2.05, 4.69) is 0 Å². The summed E-state index contributed by atoms with van der Waals surface area (Å²) in [6.45, 7) is 2.39. The van der Waals surface area contributed by atoms with Crippen LogP contribution >= 0.6 is 0 Å². The van der Waals surface area contributed by atoms with Gasteiger partial charge in [0, 0.05) is 6.54 Å². The molecule has 1 amide bonds. The van der Waals surface area contributed by atoms with Crippen LogP contribution < -0.4 is 11.5 Å². The molecule has 4 nitrogen and oxygen atoms in total. The molecule has 0 bridgehead atoms. The van der Waals surface area contributed by atoms with Crippen molar-refractivity contribution in [1.29, 1.82) is 0 Å². The molecule has 0 aliphatic carbocycles. The van der Waals surface area contributed by atoms with Gasteiger partial charge in [0.2, 0.25) is 5.91 Å². The third-order valence-corrected chi connectivity index (χ3v) is 0.886. The lowest BCUT2D eigenvalue weighted by Crippen LogP contribution is -2.29. The highest BCUT2D eigenvalue weighted by molar-refractivity contribution is 5.78. The molecule has 0 aromatic carbocycles. The molecule has 0 radical (unpaired) electrons. The summed E-state index contributed by atoms with van der Waals surface area (Å²) in [4.78, 5) is 10.3. The largest absolute Gasteiger partial charge is 0.367 e. The van der Waals surface area contributed by atoms with Crippen LogP contribution in [0.25, 0.3) is 0 Å². The normalized spacial score (nSPS) is 13.1. The van der Waals surface area contributed by atoms with Gasteiger partial charge in [0.1, 0.15) is 6.10 Å². The van der Waals surface area contributed by atoms with Gasteiger partial charge in [-0.2, -0.15) is 0 Å². The summed E-state index contributed by atoms with van der Waals surface area (Å²) in [5, 5.41) is 0. The van der Waals surface area contributed by atoms with Crippen molar-refractivity contribution < 1.29 is 9.53 Å². The molecule has 0 aliphatic rings. The molecule has 0 spiro atoms. The van der Waals surface area contributed by atoms with Crippen LogP contribution in [0.2, 0.25) is 0 Å². The van der Waals surface area contributed by atoms with E-state index in [-0.39, 0.29) is 0 Å². The summed E-state index contributed by atoms with van der Waals surface area (Å²) >= 11 is 0. The minimum absolute atomic E-state index is 0.379. The first-order valence-electron chi connectivity index (χ1n) is 2.79. The van der Waals surface area contributed by atoms with Gasteiger partial charge in [0.25, 0.3) is 0 Å². The average Bonchev–Trinajstić information content (AvgIpc) is 1.82. The van der Waals surface area contributed by atoms with Crippen molar-refractivity contribution in [2.24, 2.45) is 11.5 Å². The zero-order chi connectivity index (χ0) is 7.28. The second kappa shape index (κ2) is 4.29. The number of ether oxygens (including phenoxy) is 1. The minimum Gasteiger partial charge on any atom is -0.367 e. The molecule has 0 aromatic heterocycles. The first kappa shape index (κ1) is 8.39. The first-order valence-corrected chi connectivity index (χ1v) is 2.79. The van der Waals surface area contributed by atoms with E-state index >= 15 is 0 Å². The van der Waals surface area contributed by atoms with Crippen LogP contribution in [0.3, 0.4) is 0 Å². The summed E-state index contributed by atoms with van der Waals surface area (Å²) < 4.78 is 4.85. The maximum absolute atomic E-state index is 10.3. The molecular weight excluding hydrogens is 120 g/mol. The molecule has 0 heterocycles. The van der Waals surface area contributed by atoms with Crippen LogP contribution in [-0.2, 0) is 9.53 Å². The Labute approximate surface area is 54.2 Å². The van der Waals surface area contributed by atoms with E-state index < -0.39 is 12.0 Å². The molecule has 54 valence electrons. The van der Waals surface area contributed by atoms with Crippen LogP contribution in [0, 0.1) is 0 Å². The molecule has 4 N–H and O–H groups in total. The maximum atomic E-state index is 10.3. The maximum Gasteiger partial charge on any atom is 0.246 e. The molecule has 0 rings (SSSR count). The lowest BCUT2D eigenvalue weighted by Gasteiger charge is -2.06. The van der Waals surface area contributed by atoms with E-state index in [1.807, 2.05) is 0 Å². The summed E-state index contributed by atoms with van der Waals surface area (Å²) in [7, 11) is 0. The highest BCUT2D eigenvalue weighted by Gasteiger charge is 2.06. The Balaban J connectivity index is 3.27. The van der Waals surface area contributed by atoms with E-state index in [0.717, 1.165) is 0 Å². The van der Waals surface area contributed by atoms with Gasteiger partial charge >= 0.3 is 0 Å². The SMILES string of the molecule is CC(OCCN)C(N)=O. The van der Waals surface area contributed by atoms with E-state index in [0.29, 0.717) is 13.2 Å². The Kier molecular flexibility index (Phi) is 4.00. The number of rotatable bonds is 4. The van der Waals surface area contributed by atoms with Crippen LogP contribution in [0.15, 0.2) is 0 Å². The number of amides is 1. The monoisotopic (exact) mass is 132 g/mol. The number of carbonyl (C=O) groups excluding carboxylic acids is 1. The van der Waals surface area contributed by atoms with Crippen molar-refractivity contribution in [3.8, 4) is 0 Å². The zero-order valence-electron chi connectivity index (χ0n) is 5.46. The van der Waals surface area contributed by atoms with Gasteiger partial charge in [-0.3, -0.25) is 4.79 Å². The Bertz CT molecular complexity index is 95.0. The standard InChI is InChI=1S/C5H12N2O2/c1-4(5(7)8)9-3-2-6/h4H,2-3,6H2,1H3,(H2,7,8). The highest BCUT2D eigenvalue weighted by Crippen LogP contribution is 1.85. The fourth-order valence-electron chi connectivity index (χ4n) is 0.327. The number of primary amides is 1. The van der Waals surface area contributed by atoms with Gasteiger partial charge in [0.15, 0.2) is 0 Å². The van der Waals surface area contributed by atoms with Crippen molar-refractivity contribution in [3.63, 3.8) is 0 Å². The fraction of sp³-hybridized carbons (Fsp3) is 0.800. The molecule has 0 fully saturated rings. The van der Waals surface area contributed by atoms with Gasteiger partial charge in [0.05, 0.1) is 6.61 Å². The molecule has 0 aromatic rings. The van der Waals surface area contributed by atoms with Crippen molar-refractivity contribution in [2.75, 3.05) is 13.2 Å². The lowest BCUT2D eigenvalue weighted by atomic mass is 10.4. The Morgan fingerprint density at radius 1 is 1.78 bits per heavy atom. The topological polar surface area (TPSA) is 78.3 Å². The second-order valence-corrected chi connectivity index (χ2v) is 1.70. The predicted octanol–water partition coefficient (Wildman–Crippen LogP) is -1.16. The highest BCUT2D eigenvalue weighted by atomic mass is 16.5. The predicted molar refractivity (Wildman–Crippen MR) is 33.7 cm³/mol. The third kappa shape index (κ3) is 3.93. The van der Waals surface area contributed by atoms with Crippen LogP contribution in [0.5, 0.6) is 0 Å². The van der Waals surface area contributed by atoms with Gasteiger partial charge in [-0.25, -0.2) is 0 Å². The van der Waals surface area contributed by atoms with Crippen molar-refractivity contribution in [1.82, 2.24) is 0 Å². The quantitative estimate of drug-likeness (QED) is 0.506. The summed E-state index contributed by atoms with van der Waals surface area (Å²) in [6, 6.07) is 0. The molecule has 1 atom stereocenters.